The van der Waals surface area contributed by atoms with Crippen LogP contribution in [-0.2, 0) is 21.1 Å². The predicted octanol–water partition coefficient (Wildman–Crippen LogP) is 5.88. The summed E-state index contributed by atoms with van der Waals surface area (Å²) in [5.74, 6) is -0.838. The van der Waals surface area contributed by atoms with Crippen molar-refractivity contribution in [3.8, 4) is 16.9 Å². The van der Waals surface area contributed by atoms with Crippen LogP contribution in [0.1, 0.15) is 12.5 Å². The molecule has 0 spiro atoms. The second-order valence-electron chi connectivity index (χ2n) is 7.01. The van der Waals surface area contributed by atoms with E-state index in [2.05, 4.69) is 10.1 Å². The number of carbonyl (C=O) groups excluding carboxylic acids is 1. The van der Waals surface area contributed by atoms with E-state index in [0.29, 0.717) is 11.3 Å². The van der Waals surface area contributed by atoms with Crippen LogP contribution >= 0.6 is 11.6 Å². The number of para-hydroxylation sites is 1. The minimum Gasteiger partial charge on any atom is -0.405 e. The summed E-state index contributed by atoms with van der Waals surface area (Å²) in [4.78, 5) is 12.6. The average molecular weight is 498 g/mol. The maximum absolute atomic E-state index is 12.8. The van der Waals surface area contributed by atoms with Crippen molar-refractivity contribution in [3.63, 3.8) is 0 Å². The van der Waals surface area contributed by atoms with Crippen molar-refractivity contribution >= 4 is 33.0 Å². The van der Waals surface area contributed by atoms with E-state index in [0.717, 1.165) is 0 Å². The zero-order valence-corrected chi connectivity index (χ0v) is 18.9. The molecule has 3 rings (SSSR count). The lowest BCUT2D eigenvalue weighted by molar-refractivity contribution is -0.274. The zero-order chi connectivity index (χ0) is 24.2. The summed E-state index contributed by atoms with van der Waals surface area (Å²) in [6.45, 7) is 1.55. The second-order valence-corrected chi connectivity index (χ2v) is 9.70. The number of hydrogen-bond donors (Lipinski definition) is 1. The number of nitrogens with one attached hydrogen (secondary N) is 1. The van der Waals surface area contributed by atoms with Crippen molar-refractivity contribution in [2.75, 3.05) is 11.1 Å². The van der Waals surface area contributed by atoms with Gasteiger partial charge in [-0.1, -0.05) is 48.9 Å². The van der Waals surface area contributed by atoms with E-state index in [4.69, 9.17) is 11.6 Å². The molecule has 0 radical (unpaired) electrons. The molecule has 0 saturated carbocycles. The molecule has 33 heavy (non-hydrogen) atoms. The van der Waals surface area contributed by atoms with E-state index in [1.807, 2.05) is 0 Å². The number of benzene rings is 3. The minimum atomic E-state index is -4.87. The molecule has 0 aliphatic heterocycles. The Labute approximate surface area is 194 Å². The van der Waals surface area contributed by atoms with Crippen LogP contribution < -0.4 is 10.1 Å². The number of alkyl halides is 3. The lowest BCUT2D eigenvalue weighted by Gasteiger charge is -2.15. The third kappa shape index (κ3) is 6.49. The first kappa shape index (κ1) is 24.6. The lowest BCUT2D eigenvalue weighted by atomic mass is 10.0. The van der Waals surface area contributed by atoms with Crippen LogP contribution in [0.4, 0.5) is 18.9 Å². The highest BCUT2D eigenvalue weighted by Crippen LogP contribution is 2.38. The highest BCUT2D eigenvalue weighted by molar-refractivity contribution is 7.91. The summed E-state index contributed by atoms with van der Waals surface area (Å²) in [6.07, 6.45) is -4.90. The molecule has 5 nitrogen and oxygen atoms in total. The Morgan fingerprint density at radius 1 is 1.00 bits per heavy atom. The molecule has 0 aliphatic rings. The number of halogens is 4. The third-order valence-electron chi connectivity index (χ3n) is 4.68. The van der Waals surface area contributed by atoms with Gasteiger partial charge in [-0.05, 0) is 42.0 Å². The van der Waals surface area contributed by atoms with Crippen molar-refractivity contribution in [2.45, 2.75) is 24.6 Å². The number of amides is 1. The summed E-state index contributed by atoms with van der Waals surface area (Å²) >= 11 is 6.21. The number of hydrogen-bond acceptors (Lipinski definition) is 4. The average Bonchev–Trinajstić information content (AvgIpc) is 2.75. The maximum atomic E-state index is 12.8. The van der Waals surface area contributed by atoms with Crippen LogP contribution in [0.3, 0.4) is 0 Å². The van der Waals surface area contributed by atoms with Crippen LogP contribution in [0, 0.1) is 0 Å². The Kier molecular flexibility index (Phi) is 7.34. The Balaban J connectivity index is 1.79. The molecule has 3 aromatic rings. The van der Waals surface area contributed by atoms with Crippen molar-refractivity contribution < 1.29 is 31.1 Å². The first-order valence-electron chi connectivity index (χ1n) is 9.75. The molecular formula is C23H19ClF3NO4S. The van der Waals surface area contributed by atoms with Gasteiger partial charge in [0.05, 0.1) is 17.1 Å². The molecule has 0 fully saturated rings. The number of anilines is 1. The molecule has 0 unspecified atom stereocenters. The molecule has 0 bridgehead atoms. The smallest absolute Gasteiger partial charge is 0.405 e. The fraction of sp³-hybridized carbons (Fsp3) is 0.174. The van der Waals surface area contributed by atoms with Gasteiger partial charge in [0.15, 0.2) is 9.84 Å². The Morgan fingerprint density at radius 3 is 2.30 bits per heavy atom. The number of sulfone groups is 1. The molecule has 0 heterocycles. The van der Waals surface area contributed by atoms with E-state index in [1.165, 1.54) is 48.5 Å². The molecule has 0 atom stereocenters. The molecule has 1 amide bonds. The molecule has 0 aliphatic carbocycles. The highest BCUT2D eigenvalue weighted by Gasteiger charge is 2.32. The van der Waals surface area contributed by atoms with Gasteiger partial charge < -0.3 is 10.1 Å². The quantitative estimate of drug-likeness (QED) is 0.442. The normalized spacial score (nSPS) is 11.8. The summed E-state index contributed by atoms with van der Waals surface area (Å²) in [7, 11) is -3.34. The topological polar surface area (TPSA) is 72.5 Å². The molecule has 0 aromatic heterocycles. The highest BCUT2D eigenvalue weighted by atomic mass is 35.5. The monoisotopic (exact) mass is 497 g/mol. The standard InChI is InChI=1S/C23H19ClF3NO4S/c1-2-33(30,31)17-10-7-15(8-11-17)13-22(29)28-16-9-12-20(24)19(14-16)18-5-3-4-6-21(18)32-23(25,26)27/h3-12,14H,2,13H2,1H3,(H,28,29). The van der Waals surface area contributed by atoms with Gasteiger partial charge in [-0.15, -0.1) is 13.2 Å². The van der Waals surface area contributed by atoms with Crippen LogP contribution in [0.15, 0.2) is 71.6 Å². The fourth-order valence-electron chi connectivity index (χ4n) is 3.08. The van der Waals surface area contributed by atoms with Gasteiger partial charge in [0.2, 0.25) is 5.91 Å². The third-order valence-corrected chi connectivity index (χ3v) is 6.76. The van der Waals surface area contributed by atoms with Crippen molar-refractivity contribution in [1.82, 2.24) is 0 Å². The van der Waals surface area contributed by atoms with Crippen LogP contribution in [0.5, 0.6) is 5.75 Å². The van der Waals surface area contributed by atoms with Gasteiger partial charge in [-0.2, -0.15) is 0 Å². The van der Waals surface area contributed by atoms with E-state index in [1.54, 1.807) is 25.1 Å². The van der Waals surface area contributed by atoms with Crippen molar-refractivity contribution in [1.29, 1.82) is 0 Å². The van der Waals surface area contributed by atoms with Gasteiger partial charge in [-0.25, -0.2) is 8.42 Å². The molecule has 0 saturated heterocycles. The first-order valence-corrected chi connectivity index (χ1v) is 11.8. The lowest BCUT2D eigenvalue weighted by Crippen LogP contribution is -2.17. The van der Waals surface area contributed by atoms with Crippen molar-refractivity contribution in [3.05, 3.63) is 77.3 Å². The van der Waals surface area contributed by atoms with Gasteiger partial charge in [0, 0.05) is 21.8 Å². The van der Waals surface area contributed by atoms with E-state index >= 15 is 0 Å². The van der Waals surface area contributed by atoms with Gasteiger partial charge in [0.1, 0.15) is 5.75 Å². The van der Waals surface area contributed by atoms with E-state index in [9.17, 15) is 26.4 Å². The number of rotatable bonds is 7. The van der Waals surface area contributed by atoms with Gasteiger partial charge in [-0.3, -0.25) is 4.79 Å². The summed E-state index contributed by atoms with van der Waals surface area (Å²) < 4.78 is 66.2. The molecule has 1 N–H and O–H groups in total. The minimum absolute atomic E-state index is 0.0249. The zero-order valence-electron chi connectivity index (χ0n) is 17.3. The fourth-order valence-corrected chi connectivity index (χ4v) is 4.19. The molecule has 3 aromatic carbocycles. The largest absolute Gasteiger partial charge is 0.573 e. The van der Waals surface area contributed by atoms with E-state index < -0.39 is 27.9 Å². The first-order chi connectivity index (χ1) is 15.5. The Bertz CT molecular complexity index is 1260. The number of ether oxygens (including phenoxy) is 1. The van der Waals surface area contributed by atoms with Crippen LogP contribution in [0.25, 0.3) is 11.1 Å². The summed E-state index contributed by atoms with van der Waals surface area (Å²) in [5.41, 5.74) is 1.29. The maximum Gasteiger partial charge on any atom is 0.573 e. The Morgan fingerprint density at radius 2 is 1.67 bits per heavy atom. The van der Waals surface area contributed by atoms with Crippen molar-refractivity contribution in [2.24, 2.45) is 0 Å². The van der Waals surface area contributed by atoms with Gasteiger partial charge in [0.25, 0.3) is 0 Å². The van der Waals surface area contributed by atoms with Gasteiger partial charge >= 0.3 is 6.36 Å². The summed E-state index contributed by atoms with van der Waals surface area (Å²) in [6, 6.07) is 16.0. The Hall–Kier alpha value is -3.04. The molecule has 174 valence electrons. The second kappa shape index (κ2) is 9.84. The molecule has 10 heteroatoms. The molecular weight excluding hydrogens is 479 g/mol. The van der Waals surface area contributed by atoms with E-state index in [-0.39, 0.29) is 33.2 Å². The number of carbonyl (C=O) groups is 1. The SMILES string of the molecule is CCS(=O)(=O)c1ccc(CC(=O)Nc2ccc(Cl)c(-c3ccccc3OC(F)(F)F)c2)cc1. The predicted molar refractivity (Wildman–Crippen MR) is 120 cm³/mol. The van der Waals surface area contributed by atoms with Crippen LogP contribution in [-0.4, -0.2) is 26.4 Å². The summed E-state index contributed by atoms with van der Waals surface area (Å²) in [5, 5.41) is 2.85. The van der Waals surface area contributed by atoms with Crippen LogP contribution in [0.2, 0.25) is 5.02 Å².